The number of benzene rings is 1. The number of nitrogens with zero attached hydrogens (tertiary/aromatic N) is 2. The highest BCUT2D eigenvalue weighted by atomic mass is 19.1. The van der Waals surface area contributed by atoms with Crippen LogP contribution in [0.15, 0.2) is 24.3 Å². The second kappa shape index (κ2) is 6.89. The molecular formula is C18H23FN2O3. The molecule has 24 heavy (non-hydrogen) atoms. The molecule has 0 radical (unpaired) electrons. The molecule has 1 aromatic carbocycles. The summed E-state index contributed by atoms with van der Waals surface area (Å²) in [7, 11) is 0. The summed E-state index contributed by atoms with van der Waals surface area (Å²) < 4.78 is 13.0. The van der Waals surface area contributed by atoms with Crippen molar-refractivity contribution in [2.24, 2.45) is 0 Å². The number of aliphatic hydroxyl groups is 1. The van der Waals surface area contributed by atoms with Gasteiger partial charge < -0.3 is 14.9 Å². The second-order valence-electron chi connectivity index (χ2n) is 6.68. The molecule has 0 aromatic heterocycles. The zero-order valence-electron chi connectivity index (χ0n) is 13.7. The van der Waals surface area contributed by atoms with Crippen LogP contribution in [-0.2, 0) is 4.79 Å². The number of halogens is 1. The predicted molar refractivity (Wildman–Crippen MR) is 86.9 cm³/mol. The Kier molecular flexibility index (Phi) is 4.85. The van der Waals surface area contributed by atoms with Crippen molar-refractivity contribution in [1.29, 1.82) is 0 Å². The molecule has 1 heterocycles. The maximum atomic E-state index is 13.0. The van der Waals surface area contributed by atoms with E-state index in [0.29, 0.717) is 51.0 Å². The van der Waals surface area contributed by atoms with Crippen LogP contribution in [0.1, 0.15) is 42.5 Å². The van der Waals surface area contributed by atoms with E-state index >= 15 is 0 Å². The lowest BCUT2D eigenvalue weighted by molar-refractivity contribution is -0.150. The van der Waals surface area contributed by atoms with Crippen LogP contribution in [0, 0.1) is 5.82 Å². The highest BCUT2D eigenvalue weighted by Gasteiger charge is 2.41. The van der Waals surface area contributed by atoms with Crippen LogP contribution in [0.2, 0.25) is 0 Å². The minimum absolute atomic E-state index is 0.149. The highest BCUT2D eigenvalue weighted by molar-refractivity contribution is 5.94. The van der Waals surface area contributed by atoms with E-state index in [1.165, 1.54) is 24.3 Å². The Hall–Kier alpha value is -1.95. The van der Waals surface area contributed by atoms with Gasteiger partial charge in [-0.1, -0.05) is 0 Å². The van der Waals surface area contributed by atoms with Crippen molar-refractivity contribution >= 4 is 11.8 Å². The molecule has 2 amide bonds. The van der Waals surface area contributed by atoms with Crippen molar-refractivity contribution in [3.63, 3.8) is 0 Å². The Labute approximate surface area is 141 Å². The van der Waals surface area contributed by atoms with Crippen molar-refractivity contribution in [3.05, 3.63) is 35.6 Å². The summed E-state index contributed by atoms with van der Waals surface area (Å²) in [5.41, 5.74) is -0.763. The summed E-state index contributed by atoms with van der Waals surface area (Å²) in [5, 5.41) is 10.5. The molecule has 1 aliphatic carbocycles. The van der Waals surface area contributed by atoms with Crippen LogP contribution in [0.3, 0.4) is 0 Å². The van der Waals surface area contributed by atoms with E-state index in [9.17, 15) is 19.1 Å². The van der Waals surface area contributed by atoms with Crippen LogP contribution >= 0.6 is 0 Å². The van der Waals surface area contributed by atoms with E-state index in [1.807, 2.05) is 0 Å². The van der Waals surface area contributed by atoms with Crippen molar-refractivity contribution in [1.82, 2.24) is 9.80 Å². The quantitative estimate of drug-likeness (QED) is 0.897. The van der Waals surface area contributed by atoms with Gasteiger partial charge in [0.2, 0.25) is 0 Å². The van der Waals surface area contributed by atoms with Crippen molar-refractivity contribution < 1.29 is 19.1 Å². The molecule has 1 aromatic rings. The zero-order valence-corrected chi connectivity index (χ0v) is 13.7. The molecule has 0 spiro atoms. The minimum atomic E-state index is -1.21. The first-order valence-corrected chi connectivity index (χ1v) is 8.56. The van der Waals surface area contributed by atoms with Gasteiger partial charge in [-0.2, -0.15) is 0 Å². The molecule has 3 rings (SSSR count). The first kappa shape index (κ1) is 16.9. The average molecular weight is 334 g/mol. The van der Waals surface area contributed by atoms with E-state index in [0.717, 1.165) is 12.8 Å². The number of carbonyl (C=O) groups excluding carboxylic acids is 2. The van der Waals surface area contributed by atoms with Crippen LogP contribution in [0.5, 0.6) is 0 Å². The largest absolute Gasteiger partial charge is 0.380 e. The summed E-state index contributed by atoms with van der Waals surface area (Å²) in [4.78, 5) is 28.5. The lowest BCUT2D eigenvalue weighted by Crippen LogP contribution is -2.48. The molecule has 1 saturated carbocycles. The monoisotopic (exact) mass is 334 g/mol. The van der Waals surface area contributed by atoms with E-state index in [4.69, 9.17) is 0 Å². The van der Waals surface area contributed by atoms with Crippen LogP contribution in [-0.4, -0.2) is 58.5 Å². The minimum Gasteiger partial charge on any atom is -0.380 e. The summed E-state index contributed by atoms with van der Waals surface area (Å²) >= 11 is 0. The molecule has 0 unspecified atom stereocenters. The van der Waals surface area contributed by atoms with Crippen LogP contribution in [0.25, 0.3) is 0 Å². The molecule has 1 saturated heterocycles. The maximum Gasteiger partial charge on any atom is 0.254 e. The summed E-state index contributed by atoms with van der Waals surface area (Å²) in [6.45, 7) is 1.96. The Balaban J connectivity index is 1.63. The average Bonchev–Trinajstić information content (AvgIpc) is 2.89. The van der Waals surface area contributed by atoms with Gasteiger partial charge in [0.1, 0.15) is 11.4 Å². The normalized spacial score (nSPS) is 20.8. The van der Waals surface area contributed by atoms with E-state index < -0.39 is 5.60 Å². The Morgan fingerprint density at radius 1 is 0.917 bits per heavy atom. The second-order valence-corrected chi connectivity index (χ2v) is 6.68. The standard InChI is InChI=1S/C18H23FN2O3/c19-15-6-4-14(5-7-15)16(22)20-10-3-11-21(13-12-20)17(23)18(24)8-1-2-9-18/h4-7,24H,1-3,8-13H2. The van der Waals surface area contributed by atoms with E-state index in [-0.39, 0.29) is 17.6 Å². The Bertz CT molecular complexity index is 611. The van der Waals surface area contributed by atoms with Gasteiger partial charge in [0.15, 0.2) is 0 Å². The van der Waals surface area contributed by atoms with E-state index in [2.05, 4.69) is 0 Å². The van der Waals surface area contributed by atoms with Crippen LogP contribution < -0.4 is 0 Å². The Morgan fingerprint density at radius 2 is 1.50 bits per heavy atom. The van der Waals surface area contributed by atoms with Crippen molar-refractivity contribution in [2.45, 2.75) is 37.7 Å². The lowest BCUT2D eigenvalue weighted by Gasteiger charge is -2.29. The molecule has 0 atom stereocenters. The molecule has 2 aliphatic rings. The van der Waals surface area contributed by atoms with Gasteiger partial charge in [0, 0.05) is 31.7 Å². The fraction of sp³-hybridized carbons (Fsp3) is 0.556. The highest BCUT2D eigenvalue weighted by Crippen LogP contribution is 2.31. The van der Waals surface area contributed by atoms with Crippen molar-refractivity contribution in [3.8, 4) is 0 Å². The molecule has 5 nitrogen and oxygen atoms in total. The maximum absolute atomic E-state index is 13.0. The van der Waals surface area contributed by atoms with Gasteiger partial charge in [-0.3, -0.25) is 9.59 Å². The molecular weight excluding hydrogens is 311 g/mol. The molecule has 0 bridgehead atoms. The van der Waals surface area contributed by atoms with Gasteiger partial charge in [0.25, 0.3) is 11.8 Å². The topological polar surface area (TPSA) is 60.9 Å². The first-order valence-electron chi connectivity index (χ1n) is 8.56. The molecule has 2 fully saturated rings. The van der Waals surface area contributed by atoms with E-state index in [1.54, 1.807) is 9.80 Å². The first-order chi connectivity index (χ1) is 11.5. The summed E-state index contributed by atoms with van der Waals surface area (Å²) in [6.07, 6.45) is 3.49. The van der Waals surface area contributed by atoms with Gasteiger partial charge in [-0.05, 0) is 56.4 Å². The fourth-order valence-electron chi connectivity index (χ4n) is 3.57. The van der Waals surface area contributed by atoms with Crippen LogP contribution in [0.4, 0.5) is 4.39 Å². The molecule has 1 aliphatic heterocycles. The summed E-state index contributed by atoms with van der Waals surface area (Å²) in [5.74, 6) is -0.719. The number of carbonyl (C=O) groups is 2. The van der Waals surface area contributed by atoms with Gasteiger partial charge in [-0.25, -0.2) is 4.39 Å². The Morgan fingerprint density at radius 3 is 2.17 bits per heavy atom. The molecule has 130 valence electrons. The molecule has 6 heteroatoms. The number of amides is 2. The van der Waals surface area contributed by atoms with Crippen molar-refractivity contribution in [2.75, 3.05) is 26.2 Å². The number of rotatable bonds is 2. The number of hydrogen-bond acceptors (Lipinski definition) is 3. The number of hydrogen-bond donors (Lipinski definition) is 1. The third kappa shape index (κ3) is 3.43. The molecule has 1 N–H and O–H groups in total. The lowest BCUT2D eigenvalue weighted by atomic mass is 10.0. The van der Waals surface area contributed by atoms with Gasteiger partial charge in [0.05, 0.1) is 0 Å². The zero-order chi connectivity index (χ0) is 17.2. The predicted octanol–water partition coefficient (Wildman–Crippen LogP) is 1.81. The third-order valence-electron chi connectivity index (χ3n) is 4.99. The SMILES string of the molecule is O=C(c1ccc(F)cc1)N1CCCN(C(=O)C2(O)CCCC2)CC1. The summed E-state index contributed by atoms with van der Waals surface area (Å²) in [6, 6.07) is 5.51. The van der Waals surface area contributed by atoms with Gasteiger partial charge in [-0.15, -0.1) is 0 Å². The third-order valence-corrected chi connectivity index (χ3v) is 4.99. The smallest absolute Gasteiger partial charge is 0.254 e. The van der Waals surface area contributed by atoms with Gasteiger partial charge >= 0.3 is 0 Å². The fourth-order valence-corrected chi connectivity index (χ4v) is 3.57.